The maximum Gasteiger partial charge on any atom is 0.273 e. The first-order valence-electron chi connectivity index (χ1n) is 12.3. The van der Waals surface area contributed by atoms with Gasteiger partial charge in [-0.05, 0) is 49.7 Å². The van der Waals surface area contributed by atoms with Gasteiger partial charge in [-0.2, -0.15) is 0 Å². The summed E-state index contributed by atoms with van der Waals surface area (Å²) in [6.45, 7) is 2.51. The number of carbonyl (C=O) groups excluding carboxylic acids is 2. The molecular weight excluding hydrogens is 504 g/mol. The third-order valence-electron chi connectivity index (χ3n) is 6.82. The van der Waals surface area contributed by atoms with E-state index in [-0.39, 0.29) is 17.9 Å². The molecule has 37 heavy (non-hydrogen) atoms. The van der Waals surface area contributed by atoms with E-state index in [1.54, 1.807) is 23.7 Å². The second kappa shape index (κ2) is 10.1. The maximum atomic E-state index is 13.4. The van der Waals surface area contributed by atoms with E-state index in [0.717, 1.165) is 54.2 Å². The predicted molar refractivity (Wildman–Crippen MR) is 145 cm³/mol. The van der Waals surface area contributed by atoms with Gasteiger partial charge in [0.15, 0.2) is 5.13 Å². The lowest BCUT2D eigenvalue weighted by Gasteiger charge is -2.24. The van der Waals surface area contributed by atoms with E-state index >= 15 is 0 Å². The monoisotopic (exact) mass is 530 g/mol. The number of likely N-dealkylation sites (N-methyl/N-ethyl adjacent to an activating group) is 1. The fourth-order valence-corrected chi connectivity index (χ4v) is 6.80. The Morgan fingerprint density at radius 2 is 2.05 bits per heavy atom. The van der Waals surface area contributed by atoms with Crippen LogP contribution in [0.15, 0.2) is 54.2 Å². The molecule has 2 aliphatic heterocycles. The van der Waals surface area contributed by atoms with Gasteiger partial charge in [0.1, 0.15) is 10.7 Å². The quantitative estimate of drug-likeness (QED) is 0.396. The Hall–Kier alpha value is -3.47. The molecule has 1 aromatic carbocycles. The van der Waals surface area contributed by atoms with Gasteiger partial charge < -0.3 is 9.80 Å². The van der Waals surface area contributed by atoms with E-state index in [2.05, 4.69) is 32.2 Å². The van der Waals surface area contributed by atoms with Crippen molar-refractivity contribution >= 4 is 39.6 Å². The molecule has 0 aliphatic carbocycles. The van der Waals surface area contributed by atoms with Crippen LogP contribution in [0.1, 0.15) is 55.9 Å². The van der Waals surface area contributed by atoms with Crippen molar-refractivity contribution in [2.75, 3.05) is 25.5 Å². The number of rotatable bonds is 5. The van der Waals surface area contributed by atoms with E-state index in [0.29, 0.717) is 22.9 Å². The maximum absolute atomic E-state index is 13.4. The van der Waals surface area contributed by atoms with Gasteiger partial charge in [-0.15, -0.1) is 22.7 Å². The van der Waals surface area contributed by atoms with E-state index in [1.165, 1.54) is 16.2 Å². The Kier molecular flexibility index (Phi) is 6.54. The number of benzene rings is 1. The van der Waals surface area contributed by atoms with Crippen LogP contribution in [0.4, 0.5) is 5.13 Å². The summed E-state index contributed by atoms with van der Waals surface area (Å²) in [6.07, 6.45) is 6.13. The Labute approximate surface area is 223 Å². The molecule has 5 heterocycles. The van der Waals surface area contributed by atoms with Gasteiger partial charge in [0.2, 0.25) is 0 Å². The van der Waals surface area contributed by atoms with Crippen LogP contribution in [-0.4, -0.2) is 56.7 Å². The summed E-state index contributed by atoms with van der Waals surface area (Å²) in [6, 6.07) is 11.3. The van der Waals surface area contributed by atoms with E-state index in [9.17, 15) is 9.59 Å². The second-order valence-corrected chi connectivity index (χ2v) is 11.3. The van der Waals surface area contributed by atoms with Gasteiger partial charge in [0.05, 0.1) is 11.7 Å². The number of pyridine rings is 1. The molecule has 0 saturated carbocycles. The number of hydrogen-bond acceptors (Lipinski definition) is 8. The third-order valence-corrected chi connectivity index (χ3v) is 8.71. The number of nitrogens with zero attached hydrogens (tertiary/aromatic N) is 5. The lowest BCUT2D eigenvalue weighted by atomic mass is 10.0. The highest BCUT2D eigenvalue weighted by Crippen LogP contribution is 2.35. The summed E-state index contributed by atoms with van der Waals surface area (Å²) in [5.41, 5.74) is 3.95. The van der Waals surface area contributed by atoms with Gasteiger partial charge in [0.25, 0.3) is 11.8 Å². The minimum absolute atomic E-state index is 0.0814. The summed E-state index contributed by atoms with van der Waals surface area (Å²) in [5.74, 6) is -0.264. The zero-order chi connectivity index (χ0) is 25.4. The average Bonchev–Trinajstić information content (AvgIpc) is 3.68. The number of aromatic nitrogens is 3. The first-order valence-corrected chi connectivity index (χ1v) is 14.0. The standard InChI is InChI=1S/C27H26N6O2S2/c1-32-12-9-20-23(15-32)37-27(30-20)31-24(34)18-6-2-5-17(13-18)22-8-4-11-33(22)26(35)21-16-36-25(29-21)19-7-3-10-28-14-19/h2-3,5-7,10,13-14,16,22H,4,8-9,11-12,15H2,1H3,(H,30,31,34). The van der Waals surface area contributed by atoms with Gasteiger partial charge in [-0.25, -0.2) is 9.97 Å². The highest BCUT2D eigenvalue weighted by Gasteiger charge is 2.32. The van der Waals surface area contributed by atoms with Crippen LogP contribution in [0.2, 0.25) is 0 Å². The first kappa shape index (κ1) is 23.9. The van der Waals surface area contributed by atoms with Gasteiger partial charge in [0, 0.05) is 59.8 Å². The highest BCUT2D eigenvalue weighted by atomic mass is 32.1. The molecule has 2 amide bonds. The molecule has 0 radical (unpaired) electrons. The first-order chi connectivity index (χ1) is 18.0. The molecule has 8 nitrogen and oxygen atoms in total. The summed E-state index contributed by atoms with van der Waals surface area (Å²) < 4.78 is 0. The van der Waals surface area contributed by atoms with Crippen molar-refractivity contribution in [3.8, 4) is 10.6 Å². The Balaban J connectivity index is 1.18. The average molecular weight is 531 g/mol. The molecule has 1 unspecified atom stereocenters. The molecule has 4 aromatic rings. The topological polar surface area (TPSA) is 91.3 Å². The summed E-state index contributed by atoms with van der Waals surface area (Å²) in [5, 5.41) is 6.22. The van der Waals surface area contributed by atoms with Crippen LogP contribution in [-0.2, 0) is 13.0 Å². The minimum Gasteiger partial charge on any atom is -0.330 e. The molecule has 1 N–H and O–H groups in total. The van der Waals surface area contributed by atoms with Gasteiger partial charge >= 0.3 is 0 Å². The van der Waals surface area contributed by atoms with Crippen LogP contribution < -0.4 is 5.32 Å². The molecule has 0 spiro atoms. The zero-order valence-corrected chi connectivity index (χ0v) is 22.0. The highest BCUT2D eigenvalue weighted by molar-refractivity contribution is 7.16. The Bertz CT molecular complexity index is 1450. The van der Waals surface area contributed by atoms with E-state index in [1.807, 2.05) is 46.7 Å². The summed E-state index contributed by atoms with van der Waals surface area (Å²) >= 11 is 2.99. The van der Waals surface area contributed by atoms with Crippen molar-refractivity contribution in [1.29, 1.82) is 0 Å². The zero-order valence-electron chi connectivity index (χ0n) is 20.4. The number of carbonyl (C=O) groups is 2. The summed E-state index contributed by atoms with van der Waals surface area (Å²) in [4.78, 5) is 45.2. The molecule has 188 valence electrons. The van der Waals surface area contributed by atoms with Crippen LogP contribution in [0, 0.1) is 0 Å². The van der Waals surface area contributed by atoms with Crippen molar-refractivity contribution in [2.24, 2.45) is 0 Å². The van der Waals surface area contributed by atoms with Crippen molar-refractivity contribution in [2.45, 2.75) is 31.8 Å². The minimum atomic E-state index is -0.183. The number of likely N-dealkylation sites (tertiary alicyclic amines) is 1. The molecule has 1 atom stereocenters. The fraction of sp³-hybridized carbons (Fsp3) is 0.296. The number of anilines is 1. The molecule has 0 bridgehead atoms. The normalized spacial score (nSPS) is 17.5. The Morgan fingerprint density at radius 3 is 2.92 bits per heavy atom. The summed E-state index contributed by atoms with van der Waals surface area (Å²) in [7, 11) is 2.09. The number of nitrogens with one attached hydrogen (secondary N) is 1. The van der Waals surface area contributed by atoms with Crippen molar-refractivity contribution < 1.29 is 9.59 Å². The molecule has 1 saturated heterocycles. The second-order valence-electron chi connectivity index (χ2n) is 9.39. The SMILES string of the molecule is CN1CCc2nc(NC(=O)c3cccc(C4CCCN4C(=O)c4csc(-c5cccnc5)n4)c3)sc2C1. The predicted octanol–water partition coefficient (Wildman–Crippen LogP) is 4.88. The van der Waals surface area contributed by atoms with Crippen LogP contribution in [0.5, 0.6) is 0 Å². The molecule has 1 fully saturated rings. The Morgan fingerprint density at radius 1 is 1.14 bits per heavy atom. The molecule has 10 heteroatoms. The van der Waals surface area contributed by atoms with Gasteiger partial charge in [-0.1, -0.05) is 12.1 Å². The van der Waals surface area contributed by atoms with E-state index in [4.69, 9.17) is 0 Å². The largest absolute Gasteiger partial charge is 0.330 e. The molecule has 3 aromatic heterocycles. The lowest BCUT2D eigenvalue weighted by molar-refractivity contribution is 0.0730. The van der Waals surface area contributed by atoms with Crippen molar-refractivity contribution in [3.63, 3.8) is 0 Å². The van der Waals surface area contributed by atoms with Crippen molar-refractivity contribution in [3.05, 3.63) is 81.6 Å². The molecule has 2 aliphatic rings. The molecule has 6 rings (SSSR count). The third kappa shape index (κ3) is 4.92. The van der Waals surface area contributed by atoms with Crippen molar-refractivity contribution in [1.82, 2.24) is 24.8 Å². The van der Waals surface area contributed by atoms with E-state index < -0.39 is 0 Å². The van der Waals surface area contributed by atoms with Crippen LogP contribution >= 0.6 is 22.7 Å². The smallest absolute Gasteiger partial charge is 0.273 e. The number of amides is 2. The number of fused-ring (bicyclic) bond motifs is 1. The van der Waals surface area contributed by atoms with Crippen LogP contribution in [0.3, 0.4) is 0 Å². The van der Waals surface area contributed by atoms with Crippen LogP contribution in [0.25, 0.3) is 10.6 Å². The fourth-order valence-electron chi connectivity index (χ4n) is 4.93. The van der Waals surface area contributed by atoms with Gasteiger partial charge in [-0.3, -0.25) is 19.9 Å². The number of hydrogen-bond donors (Lipinski definition) is 1. The lowest BCUT2D eigenvalue weighted by Crippen LogP contribution is -2.31. The molecular formula is C27H26N6O2S2. The number of thiazole rings is 2.